The van der Waals surface area contributed by atoms with Gasteiger partial charge < -0.3 is 10.1 Å². The molecule has 1 N–H and O–H groups in total. The van der Waals surface area contributed by atoms with E-state index in [1.165, 1.54) is 25.7 Å². The summed E-state index contributed by atoms with van der Waals surface area (Å²) in [5, 5.41) is 3.41. The Bertz CT molecular complexity index is 104. The fourth-order valence-electron chi connectivity index (χ4n) is 1.86. The minimum atomic E-state index is 0.581. The minimum Gasteiger partial charge on any atom is -0.375 e. The van der Waals surface area contributed by atoms with E-state index in [1.807, 2.05) is 0 Å². The number of hydrogen-bond acceptors (Lipinski definition) is 2. The van der Waals surface area contributed by atoms with Crippen molar-refractivity contribution < 1.29 is 4.74 Å². The Hall–Kier alpha value is -0.0800. The maximum Gasteiger partial charge on any atom is 0.0592 e. The van der Waals surface area contributed by atoms with Gasteiger partial charge in [0.15, 0.2) is 0 Å². The zero-order chi connectivity index (χ0) is 6.81. The second-order valence-electron chi connectivity index (χ2n) is 3.28. The number of nitrogens with one attached hydrogen (secondary N) is 1. The van der Waals surface area contributed by atoms with Gasteiger partial charge in [-0.2, -0.15) is 0 Å². The Morgan fingerprint density at radius 1 is 0.900 bits per heavy atom. The summed E-state index contributed by atoms with van der Waals surface area (Å²) < 4.78 is 5.76. The molecular formula is C8H15NO. The SMILES string of the molecule is C1C[C@@H]2CC[C@H](CCN1)O2. The molecule has 0 amide bonds. The van der Waals surface area contributed by atoms with Crippen molar-refractivity contribution >= 4 is 0 Å². The number of hydrogen-bond donors (Lipinski definition) is 1. The van der Waals surface area contributed by atoms with Crippen LogP contribution in [0.5, 0.6) is 0 Å². The molecule has 2 atom stereocenters. The molecule has 2 saturated heterocycles. The van der Waals surface area contributed by atoms with Crippen LogP contribution in [0.4, 0.5) is 0 Å². The highest BCUT2D eigenvalue weighted by Crippen LogP contribution is 2.24. The third-order valence-corrected chi connectivity index (χ3v) is 2.48. The van der Waals surface area contributed by atoms with Crippen molar-refractivity contribution in [3.05, 3.63) is 0 Å². The van der Waals surface area contributed by atoms with Crippen LogP contribution in [0.15, 0.2) is 0 Å². The van der Waals surface area contributed by atoms with E-state index >= 15 is 0 Å². The van der Waals surface area contributed by atoms with Crippen LogP contribution in [-0.2, 0) is 4.74 Å². The average molecular weight is 141 g/mol. The number of fused-ring (bicyclic) bond motifs is 2. The summed E-state index contributed by atoms with van der Waals surface area (Å²) in [5.74, 6) is 0. The first-order valence-electron chi connectivity index (χ1n) is 4.31. The van der Waals surface area contributed by atoms with E-state index in [0.717, 1.165) is 13.1 Å². The third kappa shape index (κ3) is 1.32. The summed E-state index contributed by atoms with van der Waals surface area (Å²) >= 11 is 0. The van der Waals surface area contributed by atoms with Crippen LogP contribution in [0, 0.1) is 0 Å². The minimum absolute atomic E-state index is 0.581. The molecule has 2 aliphatic rings. The first-order valence-corrected chi connectivity index (χ1v) is 4.31. The molecule has 0 aromatic carbocycles. The summed E-state index contributed by atoms with van der Waals surface area (Å²) in [5.41, 5.74) is 0. The molecule has 10 heavy (non-hydrogen) atoms. The van der Waals surface area contributed by atoms with Crippen molar-refractivity contribution in [2.45, 2.75) is 37.9 Å². The number of rotatable bonds is 0. The normalized spacial score (nSPS) is 40.8. The predicted octanol–water partition coefficient (Wildman–Crippen LogP) is 0.917. The highest BCUT2D eigenvalue weighted by Gasteiger charge is 2.25. The van der Waals surface area contributed by atoms with Gasteiger partial charge in [-0.05, 0) is 38.8 Å². The van der Waals surface area contributed by atoms with E-state index in [0.29, 0.717) is 12.2 Å². The maximum atomic E-state index is 5.76. The zero-order valence-corrected chi connectivity index (χ0v) is 6.31. The lowest BCUT2D eigenvalue weighted by atomic mass is 10.1. The van der Waals surface area contributed by atoms with Crippen molar-refractivity contribution in [1.29, 1.82) is 0 Å². The Morgan fingerprint density at radius 3 is 2.10 bits per heavy atom. The van der Waals surface area contributed by atoms with Crippen LogP contribution < -0.4 is 5.32 Å². The van der Waals surface area contributed by atoms with Crippen LogP contribution in [0.1, 0.15) is 25.7 Å². The summed E-state index contributed by atoms with van der Waals surface area (Å²) in [6.45, 7) is 2.30. The van der Waals surface area contributed by atoms with E-state index in [-0.39, 0.29) is 0 Å². The standard InChI is InChI=1S/C8H15NO/c1-2-8-4-6-9-5-3-7(1)10-8/h7-9H,1-6H2/t7-,8+. The quantitative estimate of drug-likeness (QED) is 0.541. The molecule has 2 heterocycles. The van der Waals surface area contributed by atoms with Crippen LogP contribution in [0.25, 0.3) is 0 Å². The predicted molar refractivity (Wildman–Crippen MR) is 40.0 cm³/mol. The molecule has 0 spiro atoms. The molecule has 2 heteroatoms. The molecule has 58 valence electrons. The van der Waals surface area contributed by atoms with E-state index < -0.39 is 0 Å². The highest BCUT2D eigenvalue weighted by molar-refractivity contribution is 4.77. The van der Waals surface area contributed by atoms with Gasteiger partial charge in [-0.3, -0.25) is 0 Å². The highest BCUT2D eigenvalue weighted by atomic mass is 16.5. The van der Waals surface area contributed by atoms with E-state index in [2.05, 4.69) is 5.32 Å². The molecule has 0 aromatic rings. The fourth-order valence-corrected chi connectivity index (χ4v) is 1.86. The van der Waals surface area contributed by atoms with Crippen molar-refractivity contribution in [2.75, 3.05) is 13.1 Å². The van der Waals surface area contributed by atoms with Crippen LogP contribution in [0.3, 0.4) is 0 Å². The molecule has 2 bridgehead atoms. The van der Waals surface area contributed by atoms with Gasteiger partial charge in [0.25, 0.3) is 0 Å². The van der Waals surface area contributed by atoms with E-state index in [9.17, 15) is 0 Å². The van der Waals surface area contributed by atoms with Crippen molar-refractivity contribution in [1.82, 2.24) is 5.32 Å². The lowest BCUT2D eigenvalue weighted by molar-refractivity contribution is 0.0294. The molecule has 0 unspecified atom stereocenters. The molecule has 0 radical (unpaired) electrons. The summed E-state index contributed by atoms with van der Waals surface area (Å²) in [6, 6.07) is 0. The van der Waals surface area contributed by atoms with Gasteiger partial charge in [-0.25, -0.2) is 0 Å². The van der Waals surface area contributed by atoms with Crippen molar-refractivity contribution in [3.8, 4) is 0 Å². The number of ether oxygens (including phenoxy) is 1. The fraction of sp³-hybridized carbons (Fsp3) is 1.00. The Kier molecular flexibility index (Phi) is 1.91. The monoisotopic (exact) mass is 141 g/mol. The lowest BCUT2D eigenvalue weighted by Crippen LogP contribution is -2.27. The first-order chi connectivity index (χ1) is 4.95. The molecule has 2 aliphatic heterocycles. The Labute approximate surface area is 61.9 Å². The molecule has 0 aliphatic carbocycles. The van der Waals surface area contributed by atoms with Gasteiger partial charge in [0, 0.05) is 0 Å². The van der Waals surface area contributed by atoms with Gasteiger partial charge in [-0.1, -0.05) is 0 Å². The maximum absolute atomic E-state index is 5.76. The molecule has 2 rings (SSSR count). The van der Waals surface area contributed by atoms with Crippen LogP contribution in [-0.4, -0.2) is 25.3 Å². The van der Waals surface area contributed by atoms with Crippen LogP contribution in [0.2, 0.25) is 0 Å². The molecular weight excluding hydrogens is 126 g/mol. The van der Waals surface area contributed by atoms with Crippen molar-refractivity contribution in [2.24, 2.45) is 0 Å². The van der Waals surface area contributed by atoms with Crippen LogP contribution >= 0.6 is 0 Å². The van der Waals surface area contributed by atoms with Crippen molar-refractivity contribution in [3.63, 3.8) is 0 Å². The summed E-state index contributed by atoms with van der Waals surface area (Å²) in [4.78, 5) is 0. The topological polar surface area (TPSA) is 21.3 Å². The third-order valence-electron chi connectivity index (χ3n) is 2.48. The Balaban J connectivity index is 1.91. The summed E-state index contributed by atoms with van der Waals surface area (Å²) in [7, 11) is 0. The van der Waals surface area contributed by atoms with Gasteiger partial charge in [0.1, 0.15) is 0 Å². The smallest absolute Gasteiger partial charge is 0.0592 e. The van der Waals surface area contributed by atoms with Gasteiger partial charge in [0.2, 0.25) is 0 Å². The molecule has 2 nitrogen and oxygen atoms in total. The average Bonchev–Trinajstić information content (AvgIpc) is 2.30. The second kappa shape index (κ2) is 2.89. The van der Waals surface area contributed by atoms with E-state index in [4.69, 9.17) is 4.74 Å². The zero-order valence-electron chi connectivity index (χ0n) is 6.31. The van der Waals surface area contributed by atoms with Gasteiger partial charge >= 0.3 is 0 Å². The molecule has 0 saturated carbocycles. The lowest BCUT2D eigenvalue weighted by Gasteiger charge is -2.17. The second-order valence-corrected chi connectivity index (χ2v) is 3.28. The molecule has 2 fully saturated rings. The first kappa shape index (κ1) is 6.62. The Morgan fingerprint density at radius 2 is 1.50 bits per heavy atom. The van der Waals surface area contributed by atoms with Gasteiger partial charge in [-0.15, -0.1) is 0 Å². The largest absolute Gasteiger partial charge is 0.375 e. The van der Waals surface area contributed by atoms with E-state index in [1.54, 1.807) is 0 Å². The van der Waals surface area contributed by atoms with Gasteiger partial charge in [0.05, 0.1) is 12.2 Å². The summed E-state index contributed by atoms with van der Waals surface area (Å²) in [6.07, 6.45) is 6.20. The molecule has 0 aromatic heterocycles.